The topological polar surface area (TPSA) is 37.6 Å². The second kappa shape index (κ2) is 22.7. The monoisotopic (exact) mass is 630 g/mol. The van der Waals surface area contributed by atoms with Crippen LogP contribution in [0.1, 0.15) is 113 Å². The Kier molecular flexibility index (Phi) is 21.6. The standard InChI is InChI=1S/C35H47N3.2ClH.V/c1-5-9-16-28-20-13-21-29(17-10-6-2)34(28)36-26-32-24-15-25-33(38-32)27-37-35-30(18-11-7-3)22-14-23-31(35)19-12-8-4;;;/h13-15,20-27H,5-12,16-19H2,1-4H3;2*1H;/q;;;+2/p-2. The molecule has 0 unspecified atom stereocenters. The first-order valence-electron chi connectivity index (χ1n) is 15.0. The van der Waals surface area contributed by atoms with Gasteiger partial charge in [-0.1, -0.05) is 95.8 Å². The number of pyridine rings is 1. The van der Waals surface area contributed by atoms with E-state index in [4.69, 9.17) is 15.0 Å². The second-order valence-electron chi connectivity index (χ2n) is 10.3. The van der Waals surface area contributed by atoms with Crippen LogP contribution in [-0.4, -0.2) is 17.4 Å². The molecule has 3 nitrogen and oxygen atoms in total. The van der Waals surface area contributed by atoms with Crippen LogP contribution in [0.4, 0.5) is 11.4 Å². The number of aromatic nitrogens is 1. The Labute approximate surface area is 273 Å². The normalized spacial score (nSPS) is 10.8. The molecule has 0 atom stereocenters. The summed E-state index contributed by atoms with van der Waals surface area (Å²) in [5.41, 5.74) is 9.39. The first-order valence-corrected chi connectivity index (χ1v) is 15.0. The molecule has 41 heavy (non-hydrogen) atoms. The molecule has 0 saturated carbocycles. The quantitative estimate of drug-likeness (QED) is 0.221. The van der Waals surface area contributed by atoms with Crippen LogP contribution in [0.3, 0.4) is 0 Å². The van der Waals surface area contributed by atoms with Crippen LogP contribution >= 0.6 is 0 Å². The summed E-state index contributed by atoms with van der Waals surface area (Å²) in [6, 6.07) is 19.4. The molecular formula is C35H47Cl2N3V. The van der Waals surface area contributed by atoms with E-state index in [9.17, 15) is 0 Å². The molecule has 0 amide bonds. The van der Waals surface area contributed by atoms with Crippen molar-refractivity contribution in [1.29, 1.82) is 0 Å². The number of benzene rings is 2. The summed E-state index contributed by atoms with van der Waals surface area (Å²) >= 11 is 0. The minimum Gasteiger partial charge on any atom is -1.00 e. The Bertz CT molecular complexity index is 1050. The summed E-state index contributed by atoms with van der Waals surface area (Å²) < 4.78 is 0. The number of aliphatic imine (C=N–C) groups is 2. The Balaban J connectivity index is 0.00000533. The third-order valence-electron chi connectivity index (χ3n) is 7.05. The smallest absolute Gasteiger partial charge is 1.00 e. The molecule has 3 rings (SSSR count). The Morgan fingerprint density at radius 3 is 1.10 bits per heavy atom. The van der Waals surface area contributed by atoms with E-state index in [0.29, 0.717) is 0 Å². The zero-order valence-electron chi connectivity index (χ0n) is 25.4. The zero-order chi connectivity index (χ0) is 27.0. The molecule has 0 spiro atoms. The van der Waals surface area contributed by atoms with Crippen molar-refractivity contribution < 1.29 is 43.4 Å². The van der Waals surface area contributed by atoms with Gasteiger partial charge in [0.25, 0.3) is 0 Å². The molecule has 2 aromatic carbocycles. The number of halogens is 2. The summed E-state index contributed by atoms with van der Waals surface area (Å²) in [6.07, 6.45) is 17.6. The van der Waals surface area contributed by atoms with Crippen LogP contribution < -0.4 is 24.8 Å². The Morgan fingerprint density at radius 2 is 0.805 bits per heavy atom. The first kappa shape index (κ1) is 39.1. The van der Waals surface area contributed by atoms with Crippen LogP contribution in [0.5, 0.6) is 0 Å². The molecule has 0 aliphatic carbocycles. The molecule has 0 aliphatic rings. The molecule has 0 fully saturated rings. The molecule has 1 aromatic heterocycles. The minimum absolute atomic E-state index is 0. The summed E-state index contributed by atoms with van der Waals surface area (Å²) in [5.74, 6) is 0. The zero-order valence-corrected chi connectivity index (χ0v) is 28.3. The van der Waals surface area contributed by atoms with Gasteiger partial charge < -0.3 is 24.8 Å². The van der Waals surface area contributed by atoms with E-state index in [-0.39, 0.29) is 43.4 Å². The van der Waals surface area contributed by atoms with Crippen LogP contribution in [0.25, 0.3) is 0 Å². The van der Waals surface area contributed by atoms with Gasteiger partial charge in [0, 0.05) is 0 Å². The minimum atomic E-state index is 0. The fourth-order valence-corrected chi connectivity index (χ4v) is 4.77. The predicted octanol–water partition coefficient (Wildman–Crippen LogP) is 3.96. The number of aryl methyl sites for hydroxylation is 4. The van der Waals surface area contributed by atoms with Gasteiger partial charge in [-0.05, 0) is 85.8 Å². The fraction of sp³-hybridized carbons (Fsp3) is 0.457. The van der Waals surface area contributed by atoms with E-state index in [1.807, 2.05) is 24.6 Å². The molecule has 221 valence electrons. The maximum absolute atomic E-state index is 5.01. The second-order valence-corrected chi connectivity index (χ2v) is 10.3. The van der Waals surface area contributed by atoms with Crippen molar-refractivity contribution in [3.05, 3.63) is 88.2 Å². The van der Waals surface area contributed by atoms with Gasteiger partial charge in [0.1, 0.15) is 0 Å². The van der Waals surface area contributed by atoms with Gasteiger partial charge in [-0.3, -0.25) is 9.98 Å². The molecule has 0 N–H and O–H groups in total. The molecule has 1 radical (unpaired) electrons. The Hall–Kier alpha value is -1.91. The summed E-state index contributed by atoms with van der Waals surface area (Å²) in [7, 11) is 0. The van der Waals surface area contributed by atoms with E-state index in [1.54, 1.807) is 0 Å². The molecule has 0 aliphatic heterocycles. The molecule has 0 saturated heterocycles. The van der Waals surface area contributed by atoms with Gasteiger partial charge in [-0.2, -0.15) is 0 Å². The number of rotatable bonds is 16. The van der Waals surface area contributed by atoms with E-state index in [0.717, 1.165) is 48.4 Å². The number of nitrogens with zero attached hydrogens (tertiary/aromatic N) is 3. The average molecular weight is 632 g/mol. The number of unbranched alkanes of at least 4 members (excludes halogenated alkanes) is 4. The van der Waals surface area contributed by atoms with E-state index >= 15 is 0 Å². The average Bonchev–Trinajstić information content (AvgIpc) is 2.95. The maximum atomic E-state index is 5.01. The van der Waals surface area contributed by atoms with Crippen LogP contribution in [0, 0.1) is 0 Å². The fourth-order valence-electron chi connectivity index (χ4n) is 4.77. The summed E-state index contributed by atoms with van der Waals surface area (Å²) in [5, 5.41) is 0. The van der Waals surface area contributed by atoms with Crippen molar-refractivity contribution in [2.75, 3.05) is 0 Å². The van der Waals surface area contributed by atoms with Gasteiger partial charge in [0.15, 0.2) is 0 Å². The van der Waals surface area contributed by atoms with Gasteiger partial charge in [-0.15, -0.1) is 0 Å². The molecule has 3 aromatic rings. The summed E-state index contributed by atoms with van der Waals surface area (Å²) in [6.45, 7) is 8.98. The van der Waals surface area contributed by atoms with Crippen LogP contribution in [0.15, 0.2) is 64.6 Å². The number of hydrogen-bond acceptors (Lipinski definition) is 3. The van der Waals surface area contributed by atoms with Crippen molar-refractivity contribution in [3.8, 4) is 0 Å². The summed E-state index contributed by atoms with van der Waals surface area (Å²) in [4.78, 5) is 14.9. The molecule has 0 bridgehead atoms. The van der Waals surface area contributed by atoms with E-state index in [2.05, 4.69) is 70.2 Å². The van der Waals surface area contributed by atoms with Crippen molar-refractivity contribution in [3.63, 3.8) is 0 Å². The third-order valence-corrected chi connectivity index (χ3v) is 7.05. The van der Waals surface area contributed by atoms with Crippen LogP contribution in [0.2, 0.25) is 0 Å². The van der Waals surface area contributed by atoms with Gasteiger partial charge in [0.05, 0.1) is 35.2 Å². The number of hydrogen-bond donors (Lipinski definition) is 0. The maximum Gasteiger partial charge on any atom is 2.00 e. The van der Waals surface area contributed by atoms with Crippen molar-refractivity contribution in [1.82, 2.24) is 4.98 Å². The van der Waals surface area contributed by atoms with Crippen LogP contribution in [-0.2, 0) is 44.2 Å². The van der Waals surface area contributed by atoms with Crippen molar-refractivity contribution >= 4 is 23.8 Å². The molecule has 1 heterocycles. The van der Waals surface area contributed by atoms with E-state index in [1.165, 1.54) is 73.6 Å². The number of para-hydroxylation sites is 2. The van der Waals surface area contributed by atoms with Crippen molar-refractivity contribution in [2.45, 2.75) is 105 Å². The predicted molar refractivity (Wildman–Crippen MR) is 166 cm³/mol. The van der Waals surface area contributed by atoms with E-state index < -0.39 is 0 Å². The van der Waals surface area contributed by atoms with Gasteiger partial charge in [0.2, 0.25) is 0 Å². The third kappa shape index (κ3) is 12.9. The SMILES string of the molecule is CCCCc1cccc(CCCC)c1N=Cc1cccc(C=Nc2c(CCCC)cccc2CCCC)n1.[Cl-].[Cl-].[V+2]. The van der Waals surface area contributed by atoms with Gasteiger partial charge in [-0.25, -0.2) is 4.98 Å². The first-order chi connectivity index (χ1) is 18.7. The van der Waals surface area contributed by atoms with Gasteiger partial charge >= 0.3 is 18.6 Å². The Morgan fingerprint density at radius 1 is 0.512 bits per heavy atom. The van der Waals surface area contributed by atoms with Crippen molar-refractivity contribution in [2.24, 2.45) is 9.98 Å². The largest absolute Gasteiger partial charge is 2.00 e. The molecule has 6 heteroatoms. The molecular weight excluding hydrogens is 584 g/mol.